The normalized spacial score (nSPS) is 11.5. The molecule has 0 unspecified atom stereocenters. The first-order valence-corrected chi connectivity index (χ1v) is 14.4. The number of nitrogens with two attached hydrogens (primary N) is 1. The number of hydrogen-bond donors (Lipinski definition) is 3. The molecule has 46 heavy (non-hydrogen) atoms. The molecule has 0 heterocycles. The van der Waals surface area contributed by atoms with Gasteiger partial charge in [-0.05, 0) is 101 Å². The van der Waals surface area contributed by atoms with Gasteiger partial charge in [-0.2, -0.15) is 23.8 Å². The molecule has 0 amide bonds. The summed E-state index contributed by atoms with van der Waals surface area (Å²) >= 11 is 0. The van der Waals surface area contributed by atoms with E-state index in [1.165, 1.54) is 24.3 Å². The van der Waals surface area contributed by atoms with Crippen molar-refractivity contribution >= 4 is 55.3 Å². The Hall–Kier alpha value is -3.66. The van der Waals surface area contributed by atoms with Crippen molar-refractivity contribution in [1.29, 1.82) is 0 Å². The van der Waals surface area contributed by atoms with Gasteiger partial charge in [-0.1, -0.05) is 35.8 Å². The fourth-order valence-electron chi connectivity index (χ4n) is 4.49. The average Bonchev–Trinajstić information content (AvgIpc) is 2.96. The molecule has 222 valence electrons. The predicted molar refractivity (Wildman–Crippen MR) is 160 cm³/mol. The first-order valence-electron chi connectivity index (χ1n) is 12.9. The maximum Gasteiger partial charge on any atom is 1.00 e. The fraction of sp³-hybridized carbons (Fsp3) is 0.0645. The van der Waals surface area contributed by atoms with Crippen molar-refractivity contribution in [2.24, 2.45) is 20.5 Å². The van der Waals surface area contributed by atoms with Gasteiger partial charge in [-0.15, -0.1) is 5.11 Å². The molecule has 0 spiro atoms. The van der Waals surface area contributed by atoms with E-state index in [1.54, 1.807) is 25.1 Å². The molecule has 15 heteroatoms. The number of fused-ring (bicyclic) bond motifs is 1. The number of anilines is 1. The third-order valence-corrected chi connectivity index (χ3v) is 7.65. The molecule has 5 aromatic carbocycles. The zero-order valence-corrected chi connectivity index (χ0v) is 30.0. The Kier molecular flexibility index (Phi) is 11.9. The Morgan fingerprint density at radius 3 is 1.89 bits per heavy atom. The molecule has 0 saturated heterocycles. The van der Waals surface area contributed by atoms with Crippen molar-refractivity contribution in [1.82, 2.24) is 0 Å². The summed E-state index contributed by atoms with van der Waals surface area (Å²) in [7, 11) is -4.79. The molecule has 0 aliphatic heterocycles. The zero-order chi connectivity index (χ0) is 31.8. The summed E-state index contributed by atoms with van der Waals surface area (Å²) in [4.78, 5) is 10.5. The summed E-state index contributed by atoms with van der Waals surface area (Å²) in [6.07, 6.45) is 0. The average molecular weight is 656 g/mol. The quantitative estimate of drug-likeness (QED) is 0.0977. The van der Waals surface area contributed by atoms with E-state index in [9.17, 15) is 28.0 Å². The molecule has 5 aromatic rings. The number of aryl methyl sites for hydroxylation is 2. The van der Waals surface area contributed by atoms with E-state index < -0.39 is 38.2 Å². The van der Waals surface area contributed by atoms with Gasteiger partial charge in [0.2, 0.25) is 0 Å². The van der Waals surface area contributed by atoms with E-state index in [0.29, 0.717) is 22.6 Å². The van der Waals surface area contributed by atoms with E-state index >= 15 is 0 Å². The van der Waals surface area contributed by atoms with Crippen molar-refractivity contribution in [3.05, 3.63) is 95.6 Å². The molecule has 0 radical (unpaired) electrons. The SMILES string of the molecule is Cc1cc(-c2ccc(N=Nc3c(S(=O)(=O)O)cc4ccc(N)cc4c3[O-])c(C)c2)ccc1N=Nc1ccc([O-])c(C(=O)O)c1.[Na+].[Na+]. The largest absolute Gasteiger partial charge is 1.00 e. The van der Waals surface area contributed by atoms with Gasteiger partial charge in [0, 0.05) is 5.69 Å². The smallest absolute Gasteiger partial charge is 0.872 e. The molecular weight excluding hydrogens is 632 g/mol. The van der Waals surface area contributed by atoms with E-state index in [2.05, 4.69) is 20.5 Å². The molecule has 0 fully saturated rings. The van der Waals surface area contributed by atoms with Crippen LogP contribution in [0.2, 0.25) is 0 Å². The summed E-state index contributed by atoms with van der Waals surface area (Å²) in [5, 5.41) is 50.6. The molecule has 0 aliphatic rings. The third-order valence-electron chi connectivity index (χ3n) is 6.79. The molecule has 0 saturated carbocycles. The summed E-state index contributed by atoms with van der Waals surface area (Å²) < 4.78 is 33.9. The molecule has 0 aliphatic carbocycles. The molecule has 5 rings (SSSR count). The van der Waals surface area contributed by atoms with Crippen LogP contribution in [0.1, 0.15) is 21.5 Å². The first kappa shape index (κ1) is 36.8. The molecule has 0 aromatic heterocycles. The van der Waals surface area contributed by atoms with Gasteiger partial charge in [-0.25, -0.2) is 4.79 Å². The molecule has 0 bridgehead atoms. The second-order valence-electron chi connectivity index (χ2n) is 9.90. The van der Waals surface area contributed by atoms with Crippen LogP contribution in [-0.2, 0) is 10.1 Å². The second-order valence-corrected chi connectivity index (χ2v) is 11.3. The van der Waals surface area contributed by atoms with Crippen LogP contribution in [0.4, 0.5) is 28.4 Å². The standard InChI is InChI=1S/C31H25N5O7S.2Na/c1-16-11-18(4-8-25(16)34-33-22-7-10-27(37)24(15-22)31(39)40)19-5-9-26(17(2)12-19)35-36-29-28(44(41,42)43)13-20-3-6-21(32)14-23(20)30(29)38;;/h3-15,37-38H,32H2,1-2H3,(H,39,40)(H,41,42,43);;/q;2*+1/p-2. The van der Waals surface area contributed by atoms with E-state index in [1.807, 2.05) is 25.1 Å². The van der Waals surface area contributed by atoms with Crippen molar-refractivity contribution in [3.63, 3.8) is 0 Å². The van der Waals surface area contributed by atoms with Gasteiger partial charge in [0.05, 0.1) is 28.3 Å². The number of carboxylic acids is 1. The minimum Gasteiger partial charge on any atom is -0.872 e. The van der Waals surface area contributed by atoms with Crippen LogP contribution in [0.25, 0.3) is 21.9 Å². The van der Waals surface area contributed by atoms with E-state index in [-0.39, 0.29) is 81.1 Å². The molecule has 12 nitrogen and oxygen atoms in total. The summed E-state index contributed by atoms with van der Waals surface area (Å²) in [6, 6.07) is 20.0. The third kappa shape index (κ3) is 8.00. The Balaban J connectivity index is 0.00000288. The first-order chi connectivity index (χ1) is 20.8. The van der Waals surface area contributed by atoms with Crippen LogP contribution in [0.15, 0.2) is 104 Å². The van der Waals surface area contributed by atoms with Crippen LogP contribution in [0.3, 0.4) is 0 Å². The van der Waals surface area contributed by atoms with Gasteiger partial charge >= 0.3 is 65.1 Å². The van der Waals surface area contributed by atoms with Gasteiger partial charge < -0.3 is 21.1 Å². The number of hydrogen-bond acceptors (Lipinski definition) is 10. The van der Waals surface area contributed by atoms with Gasteiger partial charge in [0.25, 0.3) is 10.1 Å². The predicted octanol–water partition coefficient (Wildman–Crippen LogP) is 0.637. The number of nitrogen functional groups attached to an aromatic ring is 1. The van der Waals surface area contributed by atoms with Crippen molar-refractivity contribution in [3.8, 4) is 22.6 Å². The molecule has 4 N–H and O–H groups in total. The Bertz CT molecular complexity index is 2160. The van der Waals surface area contributed by atoms with Crippen molar-refractivity contribution in [2.75, 3.05) is 5.73 Å². The maximum absolute atomic E-state index is 13.1. The Morgan fingerprint density at radius 1 is 0.761 bits per heavy atom. The van der Waals surface area contributed by atoms with Gasteiger partial charge in [-0.3, -0.25) is 4.55 Å². The van der Waals surface area contributed by atoms with Crippen molar-refractivity contribution < 1.29 is 92.2 Å². The summed E-state index contributed by atoms with van der Waals surface area (Å²) in [5.41, 5.74) is 9.45. The van der Waals surface area contributed by atoms with E-state index in [0.717, 1.165) is 34.9 Å². The van der Waals surface area contributed by atoms with Crippen LogP contribution in [0, 0.1) is 13.8 Å². The number of rotatable bonds is 7. The number of aromatic carboxylic acids is 1. The second kappa shape index (κ2) is 14.8. The summed E-state index contributed by atoms with van der Waals surface area (Å²) in [5.74, 6) is -2.69. The van der Waals surface area contributed by atoms with Crippen LogP contribution < -0.4 is 75.1 Å². The fourth-order valence-corrected chi connectivity index (χ4v) is 5.15. The number of benzene rings is 5. The van der Waals surface area contributed by atoms with E-state index in [4.69, 9.17) is 10.8 Å². The number of carboxylic acid groups (broad SMARTS) is 1. The number of azo groups is 2. The number of carbonyl (C=O) groups is 1. The molecular formula is C31H23N5Na2O7S. The van der Waals surface area contributed by atoms with Crippen LogP contribution >= 0.6 is 0 Å². The Labute approximate surface area is 308 Å². The monoisotopic (exact) mass is 655 g/mol. The molecule has 0 atom stereocenters. The minimum absolute atomic E-state index is 0. The van der Waals surface area contributed by atoms with Gasteiger partial charge in [0.1, 0.15) is 4.90 Å². The maximum atomic E-state index is 13.1. The van der Waals surface area contributed by atoms with Gasteiger partial charge in [0.15, 0.2) is 0 Å². The zero-order valence-electron chi connectivity index (χ0n) is 25.2. The van der Waals surface area contributed by atoms with Crippen LogP contribution in [-0.4, -0.2) is 24.0 Å². The van der Waals surface area contributed by atoms with Crippen LogP contribution in [0.5, 0.6) is 11.5 Å². The Morgan fingerprint density at radius 2 is 1.35 bits per heavy atom. The summed E-state index contributed by atoms with van der Waals surface area (Å²) in [6.45, 7) is 3.61. The minimum atomic E-state index is -4.79. The number of nitrogens with zero attached hydrogens (tertiary/aromatic N) is 4. The van der Waals surface area contributed by atoms with Crippen molar-refractivity contribution in [2.45, 2.75) is 18.7 Å². The topological polar surface area (TPSA) is 213 Å².